The van der Waals surface area contributed by atoms with E-state index in [9.17, 15) is 9.18 Å². The van der Waals surface area contributed by atoms with E-state index in [0.29, 0.717) is 24.3 Å². The Kier molecular flexibility index (Phi) is 4.43. The number of anilines is 1. The lowest BCUT2D eigenvalue weighted by Crippen LogP contribution is -2.27. The zero-order valence-corrected chi connectivity index (χ0v) is 9.53. The molecule has 4 heteroatoms. The van der Waals surface area contributed by atoms with Gasteiger partial charge in [-0.25, -0.2) is 4.39 Å². The van der Waals surface area contributed by atoms with E-state index in [0.717, 1.165) is 0 Å². The highest BCUT2D eigenvalue weighted by atomic mass is 19.1. The monoisotopic (exact) mass is 225 g/mol. The van der Waals surface area contributed by atoms with Crippen molar-refractivity contribution < 1.29 is 14.3 Å². The van der Waals surface area contributed by atoms with Gasteiger partial charge in [-0.3, -0.25) is 4.79 Å². The van der Waals surface area contributed by atoms with Crippen LogP contribution < -0.4 is 4.90 Å². The minimum Gasteiger partial charge on any atom is -0.395 e. The maximum Gasteiger partial charge on any atom is 0.161 e. The minimum atomic E-state index is -0.422. The second-order valence-corrected chi connectivity index (χ2v) is 3.52. The molecule has 0 fully saturated rings. The van der Waals surface area contributed by atoms with Gasteiger partial charge in [-0.15, -0.1) is 0 Å². The average molecular weight is 225 g/mol. The number of hydrogen-bond donors (Lipinski definition) is 1. The normalized spacial score (nSPS) is 10.2. The van der Waals surface area contributed by atoms with E-state index in [1.807, 2.05) is 11.8 Å². The van der Waals surface area contributed by atoms with Gasteiger partial charge in [-0.05, 0) is 32.0 Å². The molecular weight excluding hydrogens is 209 g/mol. The largest absolute Gasteiger partial charge is 0.395 e. The van der Waals surface area contributed by atoms with Gasteiger partial charge in [0.2, 0.25) is 0 Å². The average Bonchev–Trinajstić information content (AvgIpc) is 2.26. The first-order valence-corrected chi connectivity index (χ1v) is 5.26. The summed E-state index contributed by atoms with van der Waals surface area (Å²) >= 11 is 0. The van der Waals surface area contributed by atoms with E-state index < -0.39 is 5.82 Å². The molecule has 0 saturated heterocycles. The summed E-state index contributed by atoms with van der Waals surface area (Å²) in [5, 5.41) is 8.91. The second-order valence-electron chi connectivity index (χ2n) is 3.52. The fraction of sp³-hybridized carbons (Fsp3) is 0.417. The first kappa shape index (κ1) is 12.6. The fourth-order valence-corrected chi connectivity index (χ4v) is 1.64. The first-order chi connectivity index (χ1) is 7.60. The summed E-state index contributed by atoms with van der Waals surface area (Å²) in [6, 6.07) is 4.13. The molecule has 1 aromatic carbocycles. The summed E-state index contributed by atoms with van der Waals surface area (Å²) in [5.41, 5.74) is 1.03. The van der Waals surface area contributed by atoms with Crippen LogP contribution in [0.3, 0.4) is 0 Å². The Balaban J connectivity index is 3.14. The van der Waals surface area contributed by atoms with Crippen molar-refractivity contribution >= 4 is 11.5 Å². The zero-order valence-electron chi connectivity index (χ0n) is 9.53. The molecule has 0 heterocycles. The van der Waals surface area contributed by atoms with Gasteiger partial charge in [0.1, 0.15) is 5.82 Å². The molecule has 0 aromatic heterocycles. The Hall–Kier alpha value is -1.42. The number of carbonyl (C=O) groups is 1. The number of hydrogen-bond acceptors (Lipinski definition) is 3. The number of halogens is 1. The highest BCUT2D eigenvalue weighted by Gasteiger charge is 2.13. The molecule has 0 saturated carbocycles. The van der Waals surface area contributed by atoms with Crippen LogP contribution in [0.5, 0.6) is 0 Å². The molecule has 1 aromatic rings. The standard InChI is InChI=1S/C12H16FNO2/c1-3-14(6-7-15)12-5-4-10(13)8-11(12)9(2)16/h4-5,8,15H,3,6-7H2,1-2H3. The molecule has 0 amide bonds. The van der Waals surface area contributed by atoms with Gasteiger partial charge in [-0.2, -0.15) is 0 Å². The van der Waals surface area contributed by atoms with Crippen LogP contribution in [0.25, 0.3) is 0 Å². The van der Waals surface area contributed by atoms with Crippen LogP contribution in [0.1, 0.15) is 24.2 Å². The van der Waals surface area contributed by atoms with Gasteiger partial charge in [0.15, 0.2) is 5.78 Å². The highest BCUT2D eigenvalue weighted by Crippen LogP contribution is 2.22. The number of ketones is 1. The van der Waals surface area contributed by atoms with Crippen molar-refractivity contribution in [2.75, 3.05) is 24.6 Å². The number of nitrogens with zero attached hydrogens (tertiary/aromatic N) is 1. The molecular formula is C12H16FNO2. The van der Waals surface area contributed by atoms with Crippen LogP contribution >= 0.6 is 0 Å². The molecule has 0 aliphatic rings. The molecule has 3 nitrogen and oxygen atoms in total. The topological polar surface area (TPSA) is 40.5 Å². The van der Waals surface area contributed by atoms with Crippen LogP contribution in [-0.2, 0) is 0 Å². The van der Waals surface area contributed by atoms with Gasteiger partial charge >= 0.3 is 0 Å². The Labute approximate surface area is 94.5 Å². The molecule has 0 unspecified atom stereocenters. The number of carbonyl (C=O) groups excluding carboxylic acids is 1. The van der Waals surface area contributed by atoms with Gasteiger partial charge < -0.3 is 10.0 Å². The van der Waals surface area contributed by atoms with Gasteiger partial charge in [0, 0.05) is 24.3 Å². The van der Waals surface area contributed by atoms with E-state index >= 15 is 0 Å². The molecule has 1 N–H and O–H groups in total. The summed E-state index contributed by atoms with van der Waals surface area (Å²) in [5.74, 6) is -0.597. The quantitative estimate of drug-likeness (QED) is 0.777. The van der Waals surface area contributed by atoms with Crippen LogP contribution in [0.15, 0.2) is 18.2 Å². The minimum absolute atomic E-state index is 0.00254. The third-order valence-corrected chi connectivity index (χ3v) is 2.43. The molecule has 1 rings (SSSR count). The predicted octanol–water partition coefficient (Wildman–Crippen LogP) is 1.85. The maximum atomic E-state index is 13.0. The van der Waals surface area contributed by atoms with Crippen LogP contribution in [-0.4, -0.2) is 30.6 Å². The fourth-order valence-electron chi connectivity index (χ4n) is 1.64. The Morgan fingerprint density at radius 1 is 1.50 bits per heavy atom. The SMILES string of the molecule is CCN(CCO)c1ccc(F)cc1C(C)=O. The Morgan fingerprint density at radius 3 is 2.69 bits per heavy atom. The van der Waals surface area contributed by atoms with E-state index in [2.05, 4.69) is 0 Å². The zero-order chi connectivity index (χ0) is 12.1. The molecule has 0 aliphatic carbocycles. The maximum absolute atomic E-state index is 13.0. The Bertz CT molecular complexity index is 379. The van der Waals surface area contributed by atoms with Crippen molar-refractivity contribution in [3.8, 4) is 0 Å². The van der Waals surface area contributed by atoms with Crippen molar-refractivity contribution in [1.82, 2.24) is 0 Å². The van der Waals surface area contributed by atoms with Gasteiger partial charge in [0.05, 0.1) is 6.61 Å². The summed E-state index contributed by atoms with van der Waals surface area (Å²) < 4.78 is 13.0. The smallest absolute Gasteiger partial charge is 0.161 e. The second kappa shape index (κ2) is 5.61. The molecule has 88 valence electrons. The van der Waals surface area contributed by atoms with E-state index in [1.165, 1.54) is 19.1 Å². The van der Waals surface area contributed by atoms with Crippen molar-refractivity contribution in [3.63, 3.8) is 0 Å². The van der Waals surface area contributed by atoms with E-state index in [4.69, 9.17) is 5.11 Å². The van der Waals surface area contributed by atoms with Crippen LogP contribution in [0.4, 0.5) is 10.1 Å². The number of aliphatic hydroxyl groups excluding tert-OH is 1. The first-order valence-electron chi connectivity index (χ1n) is 5.26. The number of Topliss-reactive ketones (excluding diaryl/α,β-unsaturated/α-hetero) is 1. The summed E-state index contributed by atoms with van der Waals surface area (Å²) in [7, 11) is 0. The lowest BCUT2D eigenvalue weighted by atomic mass is 10.1. The molecule has 0 aliphatic heterocycles. The molecule has 16 heavy (non-hydrogen) atoms. The summed E-state index contributed by atoms with van der Waals surface area (Å²) in [6.07, 6.45) is 0. The number of aliphatic hydroxyl groups is 1. The highest BCUT2D eigenvalue weighted by molar-refractivity contribution is 5.99. The Morgan fingerprint density at radius 2 is 2.19 bits per heavy atom. The number of rotatable bonds is 5. The van der Waals surface area contributed by atoms with Crippen molar-refractivity contribution in [2.24, 2.45) is 0 Å². The lowest BCUT2D eigenvalue weighted by molar-refractivity contribution is 0.101. The third kappa shape index (κ3) is 2.79. The van der Waals surface area contributed by atoms with Crippen molar-refractivity contribution in [1.29, 1.82) is 0 Å². The number of benzene rings is 1. The molecule has 0 spiro atoms. The number of likely N-dealkylation sites (N-methyl/N-ethyl adjacent to an activating group) is 1. The van der Waals surface area contributed by atoms with Crippen molar-refractivity contribution in [3.05, 3.63) is 29.6 Å². The third-order valence-electron chi connectivity index (χ3n) is 2.43. The summed E-state index contributed by atoms with van der Waals surface area (Å²) in [6.45, 7) is 4.42. The predicted molar refractivity (Wildman–Crippen MR) is 61.4 cm³/mol. The van der Waals surface area contributed by atoms with Gasteiger partial charge in [-0.1, -0.05) is 0 Å². The van der Waals surface area contributed by atoms with E-state index in [-0.39, 0.29) is 12.4 Å². The lowest BCUT2D eigenvalue weighted by Gasteiger charge is -2.24. The molecule has 0 radical (unpaired) electrons. The van der Waals surface area contributed by atoms with Crippen molar-refractivity contribution in [2.45, 2.75) is 13.8 Å². The molecule has 0 atom stereocenters. The van der Waals surface area contributed by atoms with Crippen LogP contribution in [0.2, 0.25) is 0 Å². The summed E-state index contributed by atoms with van der Waals surface area (Å²) in [4.78, 5) is 13.2. The van der Waals surface area contributed by atoms with Gasteiger partial charge in [0.25, 0.3) is 0 Å². The molecule has 0 bridgehead atoms. The van der Waals surface area contributed by atoms with Crippen LogP contribution in [0, 0.1) is 5.82 Å². The van der Waals surface area contributed by atoms with E-state index in [1.54, 1.807) is 6.07 Å².